The molecule has 0 spiro atoms. The molecule has 1 N–H and O–H groups in total. The van der Waals surface area contributed by atoms with Crippen molar-refractivity contribution in [1.82, 2.24) is 0 Å². The molecule has 0 aliphatic heterocycles. The normalized spacial score (nSPS) is 13.4. The number of phosphoric acid groups is 1. The van der Waals surface area contributed by atoms with Crippen LogP contribution in [0, 0.1) is 0 Å². The second-order valence-electron chi connectivity index (χ2n) is 3.06. The molecule has 0 saturated heterocycles. The maximum atomic E-state index is 11.3. The molecule has 0 bridgehead atoms. The van der Waals surface area contributed by atoms with Gasteiger partial charge in [0.05, 0.1) is 13.2 Å². The predicted octanol–water partition coefficient (Wildman–Crippen LogP) is 3.76. The van der Waals surface area contributed by atoms with E-state index in [2.05, 4.69) is 4.52 Å². The summed E-state index contributed by atoms with van der Waals surface area (Å²) in [7, 11) is -3.87. The Labute approximate surface area is 103 Å². The first kappa shape index (κ1) is 16.3. The van der Waals surface area contributed by atoms with Crippen molar-refractivity contribution in [3.63, 3.8) is 0 Å². The number of hydrogen-bond donors (Lipinski definition) is 1. The standard InChI is InChI=1S/C10H15O4P.C2H6/c1-2-8-13-15(11,12)14-9-10-6-4-3-5-7-10;1-2/h3-7H,2,8-9H2,1H3,(H,11,12);1-2H3. The topological polar surface area (TPSA) is 55.8 Å². The molecule has 17 heavy (non-hydrogen) atoms. The summed E-state index contributed by atoms with van der Waals surface area (Å²) < 4.78 is 20.8. The first-order valence-electron chi connectivity index (χ1n) is 5.80. The zero-order valence-electron chi connectivity index (χ0n) is 10.6. The van der Waals surface area contributed by atoms with Crippen molar-refractivity contribution in [3.8, 4) is 0 Å². The second kappa shape index (κ2) is 9.37. The van der Waals surface area contributed by atoms with E-state index in [-0.39, 0.29) is 13.2 Å². The summed E-state index contributed by atoms with van der Waals surface area (Å²) in [6.07, 6.45) is 0.680. The highest BCUT2D eigenvalue weighted by Crippen LogP contribution is 2.43. The molecule has 1 aromatic rings. The Hall–Kier alpha value is -0.670. The van der Waals surface area contributed by atoms with Crippen molar-refractivity contribution in [2.75, 3.05) is 6.61 Å². The van der Waals surface area contributed by atoms with Crippen molar-refractivity contribution in [1.29, 1.82) is 0 Å². The van der Waals surface area contributed by atoms with E-state index < -0.39 is 7.82 Å². The fourth-order valence-corrected chi connectivity index (χ4v) is 1.77. The molecular weight excluding hydrogens is 239 g/mol. The van der Waals surface area contributed by atoms with Crippen LogP contribution in [0.25, 0.3) is 0 Å². The van der Waals surface area contributed by atoms with Gasteiger partial charge < -0.3 is 4.89 Å². The highest BCUT2D eigenvalue weighted by molar-refractivity contribution is 7.47. The van der Waals surface area contributed by atoms with Crippen LogP contribution in [0.5, 0.6) is 0 Å². The van der Waals surface area contributed by atoms with Gasteiger partial charge in [-0.25, -0.2) is 4.57 Å². The van der Waals surface area contributed by atoms with Crippen LogP contribution in [-0.2, 0) is 20.2 Å². The summed E-state index contributed by atoms with van der Waals surface area (Å²) >= 11 is 0. The Morgan fingerprint density at radius 2 is 1.76 bits per heavy atom. The first-order valence-corrected chi connectivity index (χ1v) is 7.29. The summed E-state index contributed by atoms with van der Waals surface area (Å²) in [4.78, 5) is 9.22. The molecule has 0 aliphatic carbocycles. The zero-order chi connectivity index (χ0) is 13.1. The van der Waals surface area contributed by atoms with E-state index in [0.717, 1.165) is 5.56 Å². The zero-order valence-corrected chi connectivity index (χ0v) is 11.5. The largest absolute Gasteiger partial charge is 0.472 e. The molecule has 0 aromatic heterocycles. The minimum atomic E-state index is -3.87. The molecule has 4 nitrogen and oxygen atoms in total. The smallest absolute Gasteiger partial charge is 0.302 e. The van der Waals surface area contributed by atoms with E-state index in [1.54, 1.807) is 0 Å². The highest BCUT2D eigenvalue weighted by atomic mass is 31.2. The average Bonchev–Trinajstić information content (AvgIpc) is 2.38. The molecule has 1 unspecified atom stereocenters. The quantitative estimate of drug-likeness (QED) is 0.791. The molecule has 0 saturated carbocycles. The van der Waals surface area contributed by atoms with Crippen LogP contribution in [0.3, 0.4) is 0 Å². The Kier molecular flexibility index (Phi) is 9.00. The van der Waals surface area contributed by atoms with Gasteiger partial charge in [0.25, 0.3) is 0 Å². The lowest BCUT2D eigenvalue weighted by Crippen LogP contribution is -1.96. The molecule has 0 amide bonds. The van der Waals surface area contributed by atoms with E-state index in [0.29, 0.717) is 6.42 Å². The fourth-order valence-electron chi connectivity index (χ4n) is 0.974. The van der Waals surface area contributed by atoms with Crippen LogP contribution in [-0.4, -0.2) is 11.5 Å². The van der Waals surface area contributed by atoms with E-state index in [9.17, 15) is 9.46 Å². The van der Waals surface area contributed by atoms with Crippen molar-refractivity contribution in [3.05, 3.63) is 35.9 Å². The third-order valence-corrected chi connectivity index (χ3v) is 2.66. The molecule has 0 heterocycles. The van der Waals surface area contributed by atoms with Gasteiger partial charge in [0.15, 0.2) is 0 Å². The van der Waals surface area contributed by atoms with Gasteiger partial charge in [0, 0.05) is 0 Å². The van der Waals surface area contributed by atoms with E-state index in [4.69, 9.17) is 4.52 Å². The maximum absolute atomic E-state index is 11.3. The van der Waals surface area contributed by atoms with Gasteiger partial charge in [-0.1, -0.05) is 51.1 Å². The highest BCUT2D eigenvalue weighted by Gasteiger charge is 2.19. The molecule has 1 atom stereocenters. The summed E-state index contributed by atoms with van der Waals surface area (Å²) in [6, 6.07) is 9.19. The van der Waals surface area contributed by atoms with Crippen molar-refractivity contribution in [2.45, 2.75) is 33.8 Å². The monoisotopic (exact) mass is 260 g/mol. The molecule has 98 valence electrons. The van der Waals surface area contributed by atoms with Crippen LogP contribution in [0.4, 0.5) is 0 Å². The van der Waals surface area contributed by atoms with E-state index >= 15 is 0 Å². The van der Waals surface area contributed by atoms with Gasteiger partial charge in [0.2, 0.25) is 0 Å². The van der Waals surface area contributed by atoms with E-state index in [1.807, 2.05) is 51.1 Å². The minimum absolute atomic E-state index is 0.0817. The Morgan fingerprint density at radius 3 is 2.29 bits per heavy atom. The minimum Gasteiger partial charge on any atom is -0.302 e. The lowest BCUT2D eigenvalue weighted by atomic mass is 10.2. The van der Waals surface area contributed by atoms with Crippen LogP contribution in [0.2, 0.25) is 0 Å². The van der Waals surface area contributed by atoms with Crippen molar-refractivity contribution in [2.24, 2.45) is 0 Å². The molecular formula is C12H21O4P. The molecule has 1 rings (SSSR count). The number of phosphoric ester groups is 1. The van der Waals surface area contributed by atoms with Crippen LogP contribution in [0.15, 0.2) is 30.3 Å². The Morgan fingerprint density at radius 1 is 1.18 bits per heavy atom. The van der Waals surface area contributed by atoms with Crippen molar-refractivity contribution < 1.29 is 18.5 Å². The van der Waals surface area contributed by atoms with Gasteiger partial charge in [-0.2, -0.15) is 0 Å². The average molecular weight is 260 g/mol. The SMILES string of the molecule is CC.CCCOP(=O)(O)OCc1ccccc1. The third kappa shape index (κ3) is 8.11. The van der Waals surface area contributed by atoms with E-state index in [1.165, 1.54) is 0 Å². The lowest BCUT2D eigenvalue weighted by Gasteiger charge is -2.11. The fraction of sp³-hybridized carbons (Fsp3) is 0.500. The molecule has 5 heteroatoms. The number of benzene rings is 1. The van der Waals surface area contributed by atoms with Gasteiger partial charge in [0.1, 0.15) is 0 Å². The van der Waals surface area contributed by atoms with Gasteiger partial charge in [-0.3, -0.25) is 9.05 Å². The Bertz CT molecular complexity index is 327. The first-order chi connectivity index (χ1) is 8.14. The Balaban J connectivity index is 0.00000121. The number of rotatable bonds is 6. The van der Waals surface area contributed by atoms with Crippen molar-refractivity contribution >= 4 is 7.82 Å². The summed E-state index contributed by atoms with van der Waals surface area (Å²) in [5.41, 5.74) is 0.840. The molecule has 0 radical (unpaired) electrons. The van der Waals surface area contributed by atoms with Gasteiger partial charge in [-0.15, -0.1) is 0 Å². The van der Waals surface area contributed by atoms with Crippen LogP contribution in [0.1, 0.15) is 32.8 Å². The van der Waals surface area contributed by atoms with Crippen LogP contribution >= 0.6 is 7.82 Å². The molecule has 1 aromatic carbocycles. The van der Waals surface area contributed by atoms with Crippen LogP contribution < -0.4 is 0 Å². The lowest BCUT2D eigenvalue weighted by molar-refractivity contribution is 0.143. The summed E-state index contributed by atoms with van der Waals surface area (Å²) in [6.45, 7) is 6.16. The van der Waals surface area contributed by atoms with Gasteiger partial charge in [-0.05, 0) is 12.0 Å². The second-order valence-corrected chi connectivity index (χ2v) is 4.51. The molecule has 0 fully saturated rings. The summed E-state index contributed by atoms with van der Waals surface area (Å²) in [5.74, 6) is 0. The number of hydrogen-bond acceptors (Lipinski definition) is 3. The van der Waals surface area contributed by atoms with Gasteiger partial charge >= 0.3 is 7.82 Å². The molecule has 0 aliphatic rings. The predicted molar refractivity (Wildman–Crippen MR) is 68.6 cm³/mol. The third-order valence-electron chi connectivity index (χ3n) is 1.70. The summed E-state index contributed by atoms with van der Waals surface area (Å²) in [5, 5.41) is 0. The maximum Gasteiger partial charge on any atom is 0.472 e.